The van der Waals surface area contributed by atoms with Gasteiger partial charge in [-0.05, 0) is 18.2 Å². The molecule has 0 radical (unpaired) electrons. The van der Waals surface area contributed by atoms with Crippen molar-refractivity contribution in [1.82, 2.24) is 15.3 Å². The lowest BCUT2D eigenvalue weighted by atomic mass is 10.2. The number of rotatable bonds is 1. The van der Waals surface area contributed by atoms with E-state index in [1.807, 2.05) is 0 Å². The highest BCUT2D eigenvalue weighted by molar-refractivity contribution is 5.94. The van der Waals surface area contributed by atoms with Crippen LogP contribution in [0.2, 0.25) is 0 Å². The van der Waals surface area contributed by atoms with Crippen LogP contribution >= 0.6 is 0 Å². The van der Waals surface area contributed by atoms with Crippen molar-refractivity contribution in [2.45, 2.75) is 6.30 Å². The number of carbonyl (C=O) groups excluding carboxylic acids is 1. The van der Waals surface area contributed by atoms with Gasteiger partial charge in [0.25, 0.3) is 5.91 Å². The van der Waals surface area contributed by atoms with E-state index in [9.17, 15) is 18.0 Å². The van der Waals surface area contributed by atoms with Crippen LogP contribution in [-0.2, 0) is 0 Å². The minimum absolute atomic E-state index is 0.0141. The van der Waals surface area contributed by atoms with E-state index in [2.05, 4.69) is 9.97 Å². The van der Waals surface area contributed by atoms with Gasteiger partial charge in [-0.25, -0.2) is 9.97 Å². The van der Waals surface area contributed by atoms with Crippen LogP contribution in [0.25, 0.3) is 0 Å². The molecule has 2 aromatic rings. The van der Waals surface area contributed by atoms with Gasteiger partial charge in [-0.2, -0.15) is 13.2 Å². The average Bonchev–Trinajstić information content (AvgIpc) is 2.40. The summed E-state index contributed by atoms with van der Waals surface area (Å²) in [6, 6.07) is 8.99. The number of hydrogen-bond acceptors (Lipinski definition) is 3. The Hall–Kier alpha value is -2.44. The first kappa shape index (κ1) is 14.6. The molecule has 4 nitrogen and oxygen atoms in total. The Kier molecular flexibility index (Phi) is 5.46. The van der Waals surface area contributed by atoms with Crippen LogP contribution in [0.15, 0.2) is 55.1 Å². The maximum absolute atomic E-state index is 11.7. The van der Waals surface area contributed by atoms with Crippen LogP contribution in [-0.4, -0.2) is 22.2 Å². The zero-order chi connectivity index (χ0) is 14.1. The molecule has 7 heteroatoms. The predicted molar refractivity (Wildman–Crippen MR) is 62.0 cm³/mol. The van der Waals surface area contributed by atoms with Gasteiger partial charge in [-0.1, -0.05) is 18.2 Å². The molecule has 2 rings (SSSR count). The summed E-state index contributed by atoms with van der Waals surface area (Å²) >= 11 is 0. The van der Waals surface area contributed by atoms with Gasteiger partial charge < -0.3 is 0 Å². The Morgan fingerprint density at radius 2 is 1.58 bits per heavy atom. The van der Waals surface area contributed by atoms with E-state index in [4.69, 9.17) is 0 Å². The van der Waals surface area contributed by atoms with Crippen molar-refractivity contribution < 1.29 is 18.0 Å². The minimum atomic E-state index is -4.67. The first-order valence-corrected chi connectivity index (χ1v) is 5.13. The second kappa shape index (κ2) is 7.10. The Labute approximate surface area is 107 Å². The van der Waals surface area contributed by atoms with E-state index in [1.165, 1.54) is 30.6 Å². The summed E-state index contributed by atoms with van der Waals surface area (Å²) in [6.07, 6.45) is 0.201. The molecule has 100 valence electrons. The summed E-state index contributed by atoms with van der Waals surface area (Å²) in [4.78, 5) is 18.2. The van der Waals surface area contributed by atoms with Crippen LogP contribution in [0.4, 0.5) is 13.2 Å². The lowest BCUT2D eigenvalue weighted by Crippen LogP contribution is -2.37. The number of halogens is 3. The van der Waals surface area contributed by atoms with Gasteiger partial charge in [-0.15, -0.1) is 0 Å². The third-order valence-electron chi connectivity index (χ3n) is 1.77. The highest BCUT2D eigenvalue weighted by atomic mass is 19.4. The number of amides is 1. The number of alkyl halides is 3. The molecule has 0 aliphatic heterocycles. The topological polar surface area (TPSA) is 54.9 Å². The zero-order valence-corrected chi connectivity index (χ0v) is 9.63. The third kappa shape index (κ3) is 6.77. The van der Waals surface area contributed by atoms with Crippen LogP contribution in [0.3, 0.4) is 0 Å². The molecule has 1 N–H and O–H groups in total. The Morgan fingerprint density at radius 3 is 1.95 bits per heavy atom. The van der Waals surface area contributed by atoms with Gasteiger partial charge in [-0.3, -0.25) is 10.1 Å². The van der Waals surface area contributed by atoms with Gasteiger partial charge in [0.05, 0.1) is 0 Å². The van der Waals surface area contributed by atoms with Gasteiger partial charge in [0.15, 0.2) is 0 Å². The third-order valence-corrected chi connectivity index (χ3v) is 1.77. The second-order valence-corrected chi connectivity index (χ2v) is 3.22. The molecule has 0 spiro atoms. The number of hydrogen-bond donors (Lipinski definition) is 1. The smallest absolute Gasteiger partial charge is 0.269 e. The minimum Gasteiger partial charge on any atom is -0.269 e. The monoisotopic (exact) mass is 269 g/mol. The first-order valence-electron chi connectivity index (χ1n) is 5.13. The van der Waals surface area contributed by atoms with E-state index >= 15 is 0 Å². The normalized spacial score (nSPS) is 10.1. The fourth-order valence-corrected chi connectivity index (χ4v) is 1.04. The van der Waals surface area contributed by atoms with E-state index in [-0.39, 0.29) is 5.56 Å². The van der Waals surface area contributed by atoms with Crippen LogP contribution in [0, 0.1) is 0 Å². The van der Waals surface area contributed by atoms with Crippen molar-refractivity contribution in [3.8, 4) is 0 Å². The van der Waals surface area contributed by atoms with E-state index < -0.39 is 12.2 Å². The molecule has 0 fully saturated rings. The summed E-state index contributed by atoms with van der Waals surface area (Å²) in [7, 11) is 0. The molecule has 0 bridgehead atoms. The SMILES string of the molecule is O=C(NC(F)(F)F)c1ccccc1.c1cncnc1. The first-order chi connectivity index (χ1) is 8.99. The van der Waals surface area contributed by atoms with Crippen molar-refractivity contribution in [1.29, 1.82) is 0 Å². The summed E-state index contributed by atoms with van der Waals surface area (Å²) in [5.74, 6) is -1.15. The fourth-order valence-electron chi connectivity index (χ4n) is 1.04. The highest BCUT2D eigenvalue weighted by Gasteiger charge is 2.30. The Morgan fingerprint density at radius 1 is 1.00 bits per heavy atom. The zero-order valence-electron chi connectivity index (χ0n) is 9.63. The van der Waals surface area contributed by atoms with Crippen molar-refractivity contribution in [3.05, 3.63) is 60.7 Å². The standard InChI is InChI=1S/C8H6F3NO.C4H4N2/c9-8(10,11)12-7(13)6-4-2-1-3-5-6;1-2-5-4-6-3-1/h1-5H,(H,12,13);1-4H. The molecular weight excluding hydrogens is 259 g/mol. The predicted octanol–water partition coefficient (Wildman–Crippen LogP) is 2.41. The number of aromatic nitrogens is 2. The van der Waals surface area contributed by atoms with E-state index in [1.54, 1.807) is 24.5 Å². The summed E-state index contributed by atoms with van der Waals surface area (Å²) < 4.78 is 35.0. The molecule has 0 atom stereocenters. The van der Waals surface area contributed by atoms with Crippen molar-refractivity contribution >= 4 is 5.91 Å². The van der Waals surface area contributed by atoms with Gasteiger partial charge in [0, 0.05) is 18.0 Å². The molecule has 1 aromatic heterocycles. The highest BCUT2D eigenvalue weighted by Crippen LogP contribution is 2.11. The Bertz CT molecular complexity index is 462. The molecule has 19 heavy (non-hydrogen) atoms. The summed E-state index contributed by atoms with van der Waals surface area (Å²) in [5.41, 5.74) is -0.0141. The Balaban J connectivity index is 0.000000250. The molecule has 0 saturated heterocycles. The molecule has 0 saturated carbocycles. The lowest BCUT2D eigenvalue weighted by Gasteiger charge is -2.07. The molecule has 0 aliphatic rings. The van der Waals surface area contributed by atoms with Crippen LogP contribution in [0.1, 0.15) is 10.4 Å². The number of nitrogens with one attached hydrogen (secondary N) is 1. The second-order valence-electron chi connectivity index (χ2n) is 3.22. The molecular formula is C12H10F3N3O. The molecule has 1 aromatic carbocycles. The number of carbonyl (C=O) groups is 1. The van der Waals surface area contributed by atoms with Crippen molar-refractivity contribution in [3.63, 3.8) is 0 Å². The molecule has 1 amide bonds. The van der Waals surface area contributed by atoms with Gasteiger partial charge >= 0.3 is 6.30 Å². The van der Waals surface area contributed by atoms with E-state index in [0.29, 0.717) is 0 Å². The van der Waals surface area contributed by atoms with E-state index in [0.717, 1.165) is 5.32 Å². The van der Waals surface area contributed by atoms with Crippen molar-refractivity contribution in [2.24, 2.45) is 0 Å². The van der Waals surface area contributed by atoms with Crippen LogP contribution < -0.4 is 5.32 Å². The van der Waals surface area contributed by atoms with Crippen molar-refractivity contribution in [2.75, 3.05) is 0 Å². The van der Waals surface area contributed by atoms with Gasteiger partial charge in [0.1, 0.15) is 6.33 Å². The average molecular weight is 269 g/mol. The lowest BCUT2D eigenvalue weighted by molar-refractivity contribution is -0.146. The number of benzene rings is 1. The molecule has 0 unspecified atom stereocenters. The fraction of sp³-hybridized carbons (Fsp3) is 0.0833. The largest absolute Gasteiger partial charge is 0.484 e. The molecule has 0 aliphatic carbocycles. The van der Waals surface area contributed by atoms with Gasteiger partial charge in [0.2, 0.25) is 0 Å². The number of nitrogens with zero attached hydrogens (tertiary/aromatic N) is 2. The summed E-state index contributed by atoms with van der Waals surface area (Å²) in [6.45, 7) is 0. The maximum Gasteiger partial charge on any atom is 0.484 e. The molecule has 1 heterocycles. The quantitative estimate of drug-likeness (QED) is 0.809. The van der Waals surface area contributed by atoms with Crippen LogP contribution in [0.5, 0.6) is 0 Å². The maximum atomic E-state index is 11.7. The summed E-state index contributed by atoms with van der Waals surface area (Å²) in [5, 5.41) is 0.896.